The molecule has 0 fully saturated rings. The highest BCUT2D eigenvalue weighted by Crippen LogP contribution is 2.42. The lowest BCUT2D eigenvalue weighted by molar-refractivity contribution is -0.275. The number of hydrogen-bond acceptors (Lipinski definition) is 10. The van der Waals surface area contributed by atoms with Crippen molar-refractivity contribution < 1.29 is 72.7 Å². The second-order valence-electron chi connectivity index (χ2n) is 11.3. The number of halogens is 6. The van der Waals surface area contributed by atoms with Crippen LogP contribution in [0.2, 0.25) is 0 Å². The molecule has 0 N–H and O–H groups in total. The minimum atomic E-state index is -5.02. The van der Waals surface area contributed by atoms with Crippen LogP contribution in [0.15, 0.2) is 84.9 Å². The summed E-state index contributed by atoms with van der Waals surface area (Å²) in [6.07, 6.45) is -4.69. The monoisotopic (exact) mass is 798 g/mol. The summed E-state index contributed by atoms with van der Waals surface area (Å²) >= 11 is 0. The summed E-state index contributed by atoms with van der Waals surface area (Å²) in [4.78, 5) is 0. The van der Waals surface area contributed by atoms with Crippen molar-refractivity contribution >= 4 is 22.0 Å². The van der Waals surface area contributed by atoms with Crippen molar-refractivity contribution in [1.29, 1.82) is 0 Å². The Bertz CT molecular complexity index is 1890. The van der Waals surface area contributed by atoms with Gasteiger partial charge < -0.3 is 37.9 Å². The molecule has 296 valence electrons. The molecule has 4 aromatic rings. The van der Waals surface area contributed by atoms with Gasteiger partial charge in [0.05, 0.1) is 53.8 Å². The van der Waals surface area contributed by atoms with Crippen molar-refractivity contribution in [2.45, 2.75) is 23.2 Å². The Morgan fingerprint density at radius 3 is 1.00 bits per heavy atom. The third-order valence-corrected chi connectivity index (χ3v) is 10.2. The highest BCUT2D eigenvalue weighted by atomic mass is 32.2. The zero-order chi connectivity index (χ0) is 40.6. The van der Waals surface area contributed by atoms with E-state index in [1.807, 2.05) is 0 Å². The van der Waals surface area contributed by atoms with E-state index in [1.54, 1.807) is 0 Å². The predicted octanol–water partition coefficient (Wildman–Crippen LogP) is 9.16. The summed E-state index contributed by atoms with van der Waals surface area (Å²) in [5, 5.41) is -3.24. The second kappa shape index (κ2) is 17.6. The first kappa shape index (κ1) is 42.0. The molecule has 0 heterocycles. The van der Waals surface area contributed by atoms with Gasteiger partial charge in [0.1, 0.15) is 56.5 Å². The Labute approximate surface area is 313 Å². The zero-order valence-electron chi connectivity index (χ0n) is 30.2. The molecule has 0 aliphatic heterocycles. The van der Waals surface area contributed by atoms with Gasteiger partial charge in [-0.1, -0.05) is 36.4 Å². The van der Waals surface area contributed by atoms with E-state index in [1.165, 1.54) is 91.2 Å². The molecule has 0 aliphatic carbocycles. The standard InChI is InChI=1S/C38H36F6O10S/c1-47-27-19-31(49-3)29(32(20-27)50-4)15-17-35(23-7-11-25(12-8-23)53-37(39,40)41)55(45,46)36(24-9-13-26(14-10-24)54-38(42,43)44)18-16-30-33(51-5)21-28(48-2)22-34(30)52-6/h7-22,35-36H,1-6H3. The Morgan fingerprint density at radius 1 is 0.473 bits per heavy atom. The van der Waals surface area contributed by atoms with E-state index in [9.17, 15) is 26.3 Å². The molecule has 0 spiro atoms. The van der Waals surface area contributed by atoms with Gasteiger partial charge in [0.2, 0.25) is 0 Å². The number of sulfone groups is 1. The molecule has 0 aromatic heterocycles. The summed E-state index contributed by atoms with van der Waals surface area (Å²) in [5.74, 6) is 0.433. The molecule has 0 bridgehead atoms. The van der Waals surface area contributed by atoms with Gasteiger partial charge in [0, 0.05) is 24.3 Å². The fraction of sp³-hybridized carbons (Fsp3) is 0.263. The first-order valence-electron chi connectivity index (χ1n) is 15.9. The van der Waals surface area contributed by atoms with Crippen molar-refractivity contribution in [2.75, 3.05) is 42.7 Å². The molecule has 10 nitrogen and oxygen atoms in total. The summed E-state index contributed by atoms with van der Waals surface area (Å²) in [6.45, 7) is 0. The third kappa shape index (κ3) is 10.7. The molecule has 17 heteroatoms. The molecule has 4 aromatic carbocycles. The number of rotatable bonds is 16. The lowest BCUT2D eigenvalue weighted by Gasteiger charge is -2.23. The largest absolute Gasteiger partial charge is 0.573 e. The molecular weight excluding hydrogens is 762 g/mol. The van der Waals surface area contributed by atoms with Crippen LogP contribution in [0.4, 0.5) is 26.3 Å². The highest BCUT2D eigenvalue weighted by Gasteiger charge is 2.36. The van der Waals surface area contributed by atoms with Crippen LogP contribution in [0.1, 0.15) is 32.8 Å². The Balaban J connectivity index is 1.97. The first-order chi connectivity index (χ1) is 26.0. The van der Waals surface area contributed by atoms with Crippen molar-refractivity contribution in [3.8, 4) is 46.0 Å². The quantitative estimate of drug-likeness (QED) is 0.102. The maximum atomic E-state index is 15.0. The van der Waals surface area contributed by atoms with Crippen LogP contribution >= 0.6 is 0 Å². The number of methoxy groups -OCH3 is 6. The summed E-state index contributed by atoms with van der Waals surface area (Å²) in [5.41, 5.74) is 0.590. The Hall–Kier alpha value is -5.71. The SMILES string of the molecule is COc1cc(OC)c(C=CC(c2ccc(OC(F)(F)F)cc2)S(=O)(=O)C(C=Cc2c(OC)cc(OC)cc2OC)c2ccc(OC(F)(F)F)cc2)c(OC)c1. The van der Waals surface area contributed by atoms with Gasteiger partial charge in [0.25, 0.3) is 0 Å². The Morgan fingerprint density at radius 2 is 0.764 bits per heavy atom. The summed E-state index contributed by atoms with van der Waals surface area (Å²) in [6, 6.07) is 14.5. The molecule has 0 amide bonds. The topological polar surface area (TPSA) is 108 Å². The number of ether oxygens (including phenoxy) is 8. The smallest absolute Gasteiger partial charge is 0.496 e. The van der Waals surface area contributed by atoms with Crippen LogP contribution in [0.25, 0.3) is 12.2 Å². The van der Waals surface area contributed by atoms with E-state index in [-0.39, 0.29) is 45.3 Å². The first-order valence-corrected chi connectivity index (χ1v) is 17.5. The predicted molar refractivity (Wildman–Crippen MR) is 191 cm³/mol. The number of alkyl halides is 6. The van der Waals surface area contributed by atoms with Gasteiger partial charge in [-0.25, -0.2) is 8.42 Å². The van der Waals surface area contributed by atoms with Gasteiger partial charge in [-0.05, 0) is 47.5 Å². The molecule has 55 heavy (non-hydrogen) atoms. The molecule has 0 saturated heterocycles. The van der Waals surface area contributed by atoms with Crippen LogP contribution in [0, 0.1) is 0 Å². The maximum Gasteiger partial charge on any atom is 0.573 e. The molecule has 0 saturated carbocycles. The van der Waals surface area contributed by atoms with Crippen LogP contribution < -0.4 is 37.9 Å². The van der Waals surface area contributed by atoms with Crippen molar-refractivity contribution in [3.05, 3.63) is 107 Å². The van der Waals surface area contributed by atoms with Crippen LogP contribution in [0.5, 0.6) is 46.0 Å². The zero-order valence-corrected chi connectivity index (χ0v) is 31.0. The molecule has 2 atom stereocenters. The molecule has 0 aliphatic rings. The fourth-order valence-corrected chi connectivity index (χ4v) is 7.44. The van der Waals surface area contributed by atoms with E-state index in [2.05, 4.69) is 9.47 Å². The molecular formula is C38H36F6O10S. The van der Waals surface area contributed by atoms with E-state index in [4.69, 9.17) is 28.4 Å². The van der Waals surface area contributed by atoms with Gasteiger partial charge in [0.15, 0.2) is 9.84 Å². The van der Waals surface area contributed by atoms with Crippen LogP contribution in [-0.2, 0) is 9.84 Å². The van der Waals surface area contributed by atoms with Crippen LogP contribution in [0.3, 0.4) is 0 Å². The maximum absolute atomic E-state index is 15.0. The minimum absolute atomic E-state index is 0.00672. The normalized spacial score (nSPS) is 13.3. The third-order valence-electron chi connectivity index (χ3n) is 7.97. The van der Waals surface area contributed by atoms with Crippen molar-refractivity contribution in [3.63, 3.8) is 0 Å². The summed E-state index contributed by atoms with van der Waals surface area (Å²) in [7, 11) is 3.70. The average Bonchev–Trinajstić information content (AvgIpc) is 3.14. The number of benzene rings is 4. The fourth-order valence-electron chi connectivity index (χ4n) is 5.46. The molecule has 4 rings (SSSR count). The highest BCUT2D eigenvalue weighted by molar-refractivity contribution is 7.92. The second-order valence-corrected chi connectivity index (χ2v) is 13.5. The van der Waals surface area contributed by atoms with E-state index in [0.717, 1.165) is 48.5 Å². The number of hydrogen-bond donors (Lipinski definition) is 0. The van der Waals surface area contributed by atoms with Gasteiger partial charge in [-0.15, -0.1) is 26.3 Å². The molecule has 2 unspecified atom stereocenters. The van der Waals surface area contributed by atoms with E-state index >= 15 is 8.42 Å². The lowest BCUT2D eigenvalue weighted by atomic mass is 10.1. The van der Waals surface area contributed by atoms with E-state index < -0.39 is 44.6 Å². The van der Waals surface area contributed by atoms with Crippen LogP contribution in [-0.4, -0.2) is 63.8 Å². The lowest BCUT2D eigenvalue weighted by Crippen LogP contribution is -2.20. The van der Waals surface area contributed by atoms with Crippen molar-refractivity contribution in [2.24, 2.45) is 0 Å². The Kier molecular flexibility index (Phi) is 13.5. The molecule has 0 radical (unpaired) electrons. The minimum Gasteiger partial charge on any atom is -0.496 e. The van der Waals surface area contributed by atoms with E-state index in [0.29, 0.717) is 11.5 Å². The van der Waals surface area contributed by atoms with Gasteiger partial charge in [-0.2, -0.15) is 0 Å². The van der Waals surface area contributed by atoms with Gasteiger partial charge in [-0.3, -0.25) is 0 Å². The van der Waals surface area contributed by atoms with Crippen molar-refractivity contribution in [1.82, 2.24) is 0 Å². The average molecular weight is 799 g/mol. The summed E-state index contributed by atoms with van der Waals surface area (Å²) < 4.78 is 149. The van der Waals surface area contributed by atoms with Gasteiger partial charge >= 0.3 is 12.7 Å².